The summed E-state index contributed by atoms with van der Waals surface area (Å²) in [6.45, 7) is 3.91. The molecule has 0 bridgehead atoms. The highest BCUT2D eigenvalue weighted by molar-refractivity contribution is 6.05. The molecule has 0 saturated carbocycles. The molecule has 0 aliphatic heterocycles. The summed E-state index contributed by atoms with van der Waals surface area (Å²) in [5.74, 6) is 0.944. The molecule has 0 spiro atoms. The van der Waals surface area contributed by atoms with Gasteiger partial charge in [-0.25, -0.2) is 9.97 Å². The van der Waals surface area contributed by atoms with Crippen LogP contribution in [0.4, 0.5) is 5.82 Å². The van der Waals surface area contributed by atoms with E-state index in [-0.39, 0.29) is 5.91 Å². The van der Waals surface area contributed by atoms with E-state index in [4.69, 9.17) is 9.40 Å². The van der Waals surface area contributed by atoms with E-state index < -0.39 is 0 Å². The Morgan fingerprint density at radius 3 is 2.79 bits per heavy atom. The second-order valence-electron chi connectivity index (χ2n) is 6.89. The van der Waals surface area contributed by atoms with Gasteiger partial charge in [-0.1, -0.05) is 18.2 Å². The zero-order valence-electron chi connectivity index (χ0n) is 15.9. The summed E-state index contributed by atoms with van der Waals surface area (Å²) in [6, 6.07) is 16.9. The number of oxazole rings is 1. The zero-order valence-corrected chi connectivity index (χ0v) is 15.9. The number of fused-ring (bicyclic) bond motifs is 2. The number of aryl methyl sites for hydroxylation is 2. The van der Waals surface area contributed by atoms with Gasteiger partial charge in [-0.05, 0) is 49.7 Å². The van der Waals surface area contributed by atoms with E-state index in [1.165, 1.54) is 6.39 Å². The van der Waals surface area contributed by atoms with Gasteiger partial charge in [0, 0.05) is 17.0 Å². The van der Waals surface area contributed by atoms with Crippen LogP contribution in [-0.2, 0) is 0 Å². The predicted octanol–water partition coefficient (Wildman–Crippen LogP) is 4.43. The Balaban J connectivity index is 1.53. The van der Waals surface area contributed by atoms with Crippen LogP contribution in [0.3, 0.4) is 0 Å². The number of carbonyl (C=O) groups is 1. The van der Waals surface area contributed by atoms with E-state index in [0.717, 1.165) is 22.2 Å². The Hall–Kier alpha value is -4.00. The lowest BCUT2D eigenvalue weighted by atomic mass is 10.1. The minimum absolute atomic E-state index is 0.256. The number of hydrogen-bond donors (Lipinski definition) is 1. The van der Waals surface area contributed by atoms with Crippen molar-refractivity contribution in [3.05, 3.63) is 77.8 Å². The van der Waals surface area contributed by atoms with Crippen molar-refractivity contribution in [2.24, 2.45) is 0 Å². The summed E-state index contributed by atoms with van der Waals surface area (Å²) in [7, 11) is 0. The van der Waals surface area contributed by atoms with Gasteiger partial charge in [-0.15, -0.1) is 0 Å². The van der Waals surface area contributed by atoms with E-state index in [0.29, 0.717) is 28.3 Å². The number of nitrogens with one attached hydrogen (secondary N) is 1. The number of nitrogens with zero attached hydrogens (tertiary/aromatic N) is 4. The summed E-state index contributed by atoms with van der Waals surface area (Å²) in [4.78, 5) is 21.6. The molecule has 5 rings (SSSR count). The maximum atomic E-state index is 12.8. The van der Waals surface area contributed by atoms with Crippen molar-refractivity contribution < 1.29 is 9.21 Å². The van der Waals surface area contributed by atoms with Crippen LogP contribution in [0.15, 0.2) is 65.4 Å². The fourth-order valence-corrected chi connectivity index (χ4v) is 3.39. The van der Waals surface area contributed by atoms with Crippen molar-refractivity contribution in [3.8, 4) is 5.82 Å². The third kappa shape index (κ3) is 3.02. The quantitative estimate of drug-likeness (QED) is 0.498. The number of amides is 1. The SMILES string of the molecule is Cc1cc(NC(=O)c2ccc3ocnc3c2)n(-c2cc(C)c3ccccc3n2)n1. The van der Waals surface area contributed by atoms with Crippen LogP contribution in [0, 0.1) is 13.8 Å². The number of carbonyl (C=O) groups excluding carboxylic acids is 1. The lowest BCUT2D eigenvalue weighted by molar-refractivity contribution is 0.102. The Morgan fingerprint density at radius 1 is 1.03 bits per heavy atom. The topological polar surface area (TPSA) is 85.8 Å². The second-order valence-corrected chi connectivity index (χ2v) is 6.89. The van der Waals surface area contributed by atoms with Crippen LogP contribution in [0.2, 0.25) is 0 Å². The molecule has 29 heavy (non-hydrogen) atoms. The predicted molar refractivity (Wildman–Crippen MR) is 110 cm³/mol. The first-order chi connectivity index (χ1) is 14.1. The number of pyridine rings is 1. The molecule has 5 aromatic rings. The highest BCUT2D eigenvalue weighted by atomic mass is 16.3. The smallest absolute Gasteiger partial charge is 0.256 e. The minimum atomic E-state index is -0.256. The third-order valence-electron chi connectivity index (χ3n) is 4.79. The van der Waals surface area contributed by atoms with E-state index in [1.807, 2.05) is 50.2 Å². The lowest BCUT2D eigenvalue weighted by Gasteiger charge is -2.10. The molecule has 3 heterocycles. The summed E-state index contributed by atoms with van der Waals surface area (Å²) < 4.78 is 6.89. The molecule has 142 valence electrons. The normalized spacial score (nSPS) is 11.2. The molecular weight excluding hydrogens is 366 g/mol. The number of hydrogen-bond acceptors (Lipinski definition) is 5. The van der Waals surface area contributed by atoms with E-state index in [1.54, 1.807) is 22.9 Å². The Morgan fingerprint density at radius 2 is 1.90 bits per heavy atom. The first-order valence-corrected chi connectivity index (χ1v) is 9.16. The van der Waals surface area contributed by atoms with Crippen LogP contribution in [0.5, 0.6) is 0 Å². The van der Waals surface area contributed by atoms with Gasteiger partial charge in [-0.3, -0.25) is 4.79 Å². The van der Waals surface area contributed by atoms with Gasteiger partial charge < -0.3 is 9.73 Å². The fourth-order valence-electron chi connectivity index (χ4n) is 3.39. The van der Waals surface area contributed by atoms with E-state index >= 15 is 0 Å². The molecule has 0 fully saturated rings. The molecule has 0 saturated heterocycles. The van der Waals surface area contributed by atoms with E-state index in [2.05, 4.69) is 15.4 Å². The lowest BCUT2D eigenvalue weighted by Crippen LogP contribution is -2.15. The molecule has 1 amide bonds. The van der Waals surface area contributed by atoms with Crippen LogP contribution in [-0.4, -0.2) is 25.7 Å². The molecule has 0 aliphatic rings. The Labute approximate surface area is 166 Å². The Bertz CT molecular complexity index is 1380. The van der Waals surface area contributed by atoms with Crippen molar-refractivity contribution in [3.63, 3.8) is 0 Å². The maximum Gasteiger partial charge on any atom is 0.256 e. The van der Waals surface area contributed by atoms with Crippen molar-refractivity contribution in [2.45, 2.75) is 13.8 Å². The minimum Gasteiger partial charge on any atom is -0.443 e. The molecule has 7 nitrogen and oxygen atoms in total. The maximum absolute atomic E-state index is 12.8. The number of rotatable bonds is 3. The number of aromatic nitrogens is 4. The van der Waals surface area contributed by atoms with Gasteiger partial charge in [0.2, 0.25) is 0 Å². The van der Waals surface area contributed by atoms with Gasteiger partial charge in [-0.2, -0.15) is 9.78 Å². The first-order valence-electron chi connectivity index (χ1n) is 9.16. The summed E-state index contributed by atoms with van der Waals surface area (Å²) in [5, 5.41) is 8.55. The van der Waals surface area contributed by atoms with Crippen LogP contribution >= 0.6 is 0 Å². The molecule has 1 N–H and O–H groups in total. The average molecular weight is 383 g/mol. The highest BCUT2D eigenvalue weighted by Crippen LogP contribution is 2.23. The van der Waals surface area contributed by atoms with Gasteiger partial charge in [0.1, 0.15) is 11.3 Å². The third-order valence-corrected chi connectivity index (χ3v) is 4.79. The van der Waals surface area contributed by atoms with Gasteiger partial charge in [0.05, 0.1) is 11.2 Å². The zero-order chi connectivity index (χ0) is 20.0. The molecule has 0 unspecified atom stereocenters. The molecule has 0 radical (unpaired) electrons. The van der Waals surface area contributed by atoms with Crippen LogP contribution in [0.25, 0.3) is 27.8 Å². The van der Waals surface area contributed by atoms with Crippen molar-refractivity contribution >= 4 is 33.7 Å². The molecule has 7 heteroatoms. The summed E-state index contributed by atoms with van der Waals surface area (Å²) in [6.07, 6.45) is 1.36. The molecule has 0 aliphatic carbocycles. The van der Waals surface area contributed by atoms with Gasteiger partial charge in [0.25, 0.3) is 5.91 Å². The largest absolute Gasteiger partial charge is 0.443 e. The van der Waals surface area contributed by atoms with E-state index in [9.17, 15) is 4.79 Å². The van der Waals surface area contributed by atoms with Crippen LogP contribution < -0.4 is 5.32 Å². The standard InChI is InChI=1S/C22H17N5O2/c1-13-9-20(24-17-6-4-3-5-16(13)17)27-21(10-14(2)26-27)25-22(28)15-7-8-19-18(11-15)23-12-29-19/h3-12H,1-2H3,(H,25,28). The fraction of sp³-hybridized carbons (Fsp3) is 0.0909. The van der Waals surface area contributed by atoms with Crippen molar-refractivity contribution in [1.82, 2.24) is 19.7 Å². The first kappa shape index (κ1) is 17.1. The molecule has 3 aromatic heterocycles. The summed E-state index contributed by atoms with van der Waals surface area (Å²) in [5.41, 5.74) is 4.50. The molecule has 0 atom stereocenters. The van der Waals surface area contributed by atoms with Crippen molar-refractivity contribution in [1.29, 1.82) is 0 Å². The van der Waals surface area contributed by atoms with Gasteiger partial charge >= 0.3 is 0 Å². The monoisotopic (exact) mass is 383 g/mol. The highest BCUT2D eigenvalue weighted by Gasteiger charge is 2.15. The summed E-state index contributed by atoms with van der Waals surface area (Å²) >= 11 is 0. The number of benzene rings is 2. The van der Waals surface area contributed by atoms with Crippen molar-refractivity contribution in [2.75, 3.05) is 5.32 Å². The number of anilines is 1. The Kier molecular flexibility index (Phi) is 3.87. The van der Waals surface area contributed by atoms with Gasteiger partial charge in [0.15, 0.2) is 17.8 Å². The van der Waals surface area contributed by atoms with Crippen LogP contribution in [0.1, 0.15) is 21.6 Å². The average Bonchev–Trinajstić information content (AvgIpc) is 3.33. The second kappa shape index (κ2) is 6.56. The molecule has 2 aromatic carbocycles. The number of para-hydroxylation sites is 1. The molecular formula is C22H17N5O2.